The van der Waals surface area contributed by atoms with Crippen molar-refractivity contribution in [3.63, 3.8) is 0 Å². The first-order valence-electron chi connectivity index (χ1n) is 19.4. The van der Waals surface area contributed by atoms with Gasteiger partial charge in [0.05, 0.1) is 35.8 Å². The third-order valence-electron chi connectivity index (χ3n) is 9.60. The first-order valence-corrected chi connectivity index (χ1v) is 24.4. The smallest absolute Gasteiger partial charge is 0.321 e. The second-order valence-electron chi connectivity index (χ2n) is 15.7. The van der Waals surface area contributed by atoms with Crippen molar-refractivity contribution >= 4 is 85.2 Å². The zero-order chi connectivity index (χ0) is 42.8. The lowest BCUT2D eigenvalue weighted by atomic mass is 9.95. The second-order valence-corrected chi connectivity index (χ2v) is 21.5. The number of anilines is 2. The van der Waals surface area contributed by atoms with Crippen molar-refractivity contribution in [2.75, 3.05) is 43.1 Å². The summed E-state index contributed by atoms with van der Waals surface area (Å²) in [5.41, 5.74) is 4.62. The Balaban J connectivity index is 1.35. The Kier molecular flexibility index (Phi) is 12.7. The van der Waals surface area contributed by atoms with E-state index in [0.29, 0.717) is 86.4 Å². The maximum atomic E-state index is 14.3. The van der Waals surface area contributed by atoms with Crippen molar-refractivity contribution < 1.29 is 31.2 Å². The van der Waals surface area contributed by atoms with E-state index in [0.717, 1.165) is 29.5 Å². The molecule has 0 aliphatic carbocycles. The molecule has 0 bridgehead atoms. The summed E-state index contributed by atoms with van der Waals surface area (Å²) in [7, 11) is -7.58. The molecule has 2 aromatic heterocycles. The number of rotatable bonds is 13. The molecule has 3 heterocycles. The van der Waals surface area contributed by atoms with E-state index >= 15 is 0 Å². The number of carbonyl (C=O) groups excluding carboxylic acids is 2. The Morgan fingerprint density at radius 1 is 0.833 bits per heavy atom. The van der Waals surface area contributed by atoms with E-state index in [1.165, 1.54) is 35.7 Å². The van der Waals surface area contributed by atoms with Gasteiger partial charge in [-0.2, -0.15) is 0 Å². The lowest BCUT2D eigenvalue weighted by Crippen LogP contribution is -2.45. The monoisotopic (exact) mass is 889 g/mol. The molecule has 1 aliphatic rings. The van der Waals surface area contributed by atoms with Crippen LogP contribution in [0.5, 0.6) is 0 Å². The number of carbonyl (C=O) groups is 2. The molecule has 0 saturated carbocycles. The Labute approximate surface area is 357 Å². The quantitative estimate of drug-likeness (QED) is 0.0720. The van der Waals surface area contributed by atoms with Crippen molar-refractivity contribution in [1.29, 1.82) is 0 Å². The summed E-state index contributed by atoms with van der Waals surface area (Å²) in [5, 5.41) is 12.5. The van der Waals surface area contributed by atoms with Gasteiger partial charge in [0.2, 0.25) is 15.9 Å². The molecule has 6 aromatic rings. The molecule has 1 atom stereocenters. The fourth-order valence-electron chi connectivity index (χ4n) is 6.79. The van der Waals surface area contributed by atoms with Gasteiger partial charge in [-0.05, 0) is 129 Å². The molecular weight excluding hydrogens is 843 g/mol. The van der Waals surface area contributed by atoms with Crippen LogP contribution in [0, 0.1) is 0 Å². The Bertz CT molecular complexity index is 2810. The largest absolute Gasteiger partial charge is 0.376 e. The number of amides is 3. The molecule has 316 valence electrons. The van der Waals surface area contributed by atoms with Crippen LogP contribution < -0.4 is 26.0 Å². The van der Waals surface area contributed by atoms with E-state index < -0.39 is 25.9 Å². The lowest BCUT2D eigenvalue weighted by Gasteiger charge is -2.24. The van der Waals surface area contributed by atoms with Crippen molar-refractivity contribution in [3.05, 3.63) is 72.8 Å². The minimum absolute atomic E-state index is 0.0462. The number of thiazole rings is 2. The van der Waals surface area contributed by atoms with Crippen LogP contribution in [0.2, 0.25) is 0 Å². The van der Waals surface area contributed by atoms with Crippen LogP contribution in [0.25, 0.3) is 53.8 Å². The van der Waals surface area contributed by atoms with Gasteiger partial charge in [0.1, 0.15) is 0 Å². The average Bonchev–Trinajstić information content (AvgIpc) is 3.78. The summed E-state index contributed by atoms with van der Waals surface area (Å²) in [6.45, 7) is 9.52. The van der Waals surface area contributed by atoms with Gasteiger partial charge >= 0.3 is 6.03 Å². The average molecular weight is 890 g/mol. The predicted molar refractivity (Wildman–Crippen MR) is 240 cm³/mol. The zero-order valence-corrected chi connectivity index (χ0v) is 37.1. The number of aromatic nitrogens is 2. The fourth-order valence-corrected chi connectivity index (χ4v) is 10.7. The van der Waals surface area contributed by atoms with Crippen molar-refractivity contribution in [2.45, 2.75) is 68.4 Å². The van der Waals surface area contributed by atoms with Gasteiger partial charge in [-0.1, -0.05) is 40.9 Å². The number of fused-ring (bicyclic) bond motifs is 2. The van der Waals surface area contributed by atoms with E-state index in [4.69, 9.17) is 9.72 Å². The van der Waals surface area contributed by atoms with E-state index in [-0.39, 0.29) is 27.3 Å². The molecule has 1 fully saturated rings. The number of sulfonamides is 1. The van der Waals surface area contributed by atoms with E-state index in [1.807, 2.05) is 63.2 Å². The van der Waals surface area contributed by atoms with Gasteiger partial charge in [0, 0.05) is 44.5 Å². The molecule has 1 unspecified atom stereocenters. The topological polar surface area (TPSA) is 198 Å². The highest BCUT2D eigenvalue weighted by atomic mass is 32.2. The van der Waals surface area contributed by atoms with Crippen LogP contribution in [0.1, 0.15) is 47.0 Å². The number of piperidine rings is 1. The molecule has 7 rings (SSSR count). The van der Waals surface area contributed by atoms with Gasteiger partial charge in [0.25, 0.3) is 0 Å². The van der Waals surface area contributed by atoms with Gasteiger partial charge in [-0.15, -0.1) is 0 Å². The Morgan fingerprint density at radius 2 is 1.53 bits per heavy atom. The SMILES string of the molecule is CC(=O)Nc1nc2ccc(-c3cc(-c4cc(-c5cccc(S(C)(=O)=O)c5)cc5sc(NC(=O)NCCCOC(C)(C)C)nc45)cc(S(=O)(=O)NC4CCCNC4)c3)cc2s1. The van der Waals surface area contributed by atoms with E-state index in [9.17, 15) is 26.4 Å². The number of nitrogens with one attached hydrogen (secondary N) is 5. The first-order chi connectivity index (χ1) is 28.4. The zero-order valence-electron chi connectivity index (χ0n) is 33.8. The Morgan fingerprint density at radius 3 is 2.27 bits per heavy atom. The molecule has 4 aromatic carbocycles. The van der Waals surface area contributed by atoms with Crippen LogP contribution in [-0.2, 0) is 29.4 Å². The molecule has 18 heteroatoms. The Hall–Kier alpha value is -4.82. The molecule has 3 amide bonds. The predicted octanol–water partition coefficient (Wildman–Crippen LogP) is 7.63. The van der Waals surface area contributed by atoms with Crippen LogP contribution in [0.4, 0.5) is 15.1 Å². The van der Waals surface area contributed by atoms with Gasteiger partial charge in [-0.3, -0.25) is 10.1 Å². The molecule has 5 N–H and O–H groups in total. The summed E-state index contributed by atoms with van der Waals surface area (Å²) in [4.78, 5) is 34.4. The van der Waals surface area contributed by atoms with Crippen LogP contribution in [0.15, 0.2) is 82.6 Å². The summed E-state index contributed by atoms with van der Waals surface area (Å²) >= 11 is 2.55. The molecular formula is C42H47N7O7S4. The van der Waals surface area contributed by atoms with Crippen LogP contribution >= 0.6 is 22.7 Å². The first kappa shape index (κ1) is 43.3. The van der Waals surface area contributed by atoms with E-state index in [2.05, 4.69) is 31.0 Å². The fraction of sp³-hybridized carbons (Fsp3) is 0.333. The minimum Gasteiger partial charge on any atom is -0.376 e. The minimum atomic E-state index is -4.05. The number of hydrogen-bond donors (Lipinski definition) is 5. The summed E-state index contributed by atoms with van der Waals surface area (Å²) in [6, 6.07) is 20.4. The number of nitrogens with zero attached hydrogens (tertiary/aromatic N) is 2. The normalized spacial score (nSPS) is 15.0. The number of hydrogen-bond acceptors (Lipinski definition) is 12. The van der Waals surface area contributed by atoms with Gasteiger partial charge in [-0.25, -0.2) is 36.3 Å². The molecule has 1 aliphatic heterocycles. The molecule has 0 spiro atoms. The number of sulfone groups is 1. The maximum absolute atomic E-state index is 14.3. The molecule has 0 radical (unpaired) electrons. The second kappa shape index (κ2) is 17.6. The standard InChI is InChI=1S/C42H47N7O7S4/c1-25(50)45-40-46-35-13-12-27(22-36(35)57-40)28-17-30(20-33(19-28)60(54,55)49-31-10-7-14-43-24-31)34-21-29(26-9-6-11-32(18-26)59(5,52)53)23-37-38(34)47-41(58-37)48-39(51)44-15-8-16-56-42(2,3)4/h6,9,11-13,17-23,31,43,49H,7-8,10,14-16,24H2,1-5H3,(H,45,46,50)(H2,44,47,48,51). The van der Waals surface area contributed by atoms with Gasteiger partial charge in [0.15, 0.2) is 20.1 Å². The number of urea groups is 1. The lowest BCUT2D eigenvalue weighted by molar-refractivity contribution is -0.114. The number of benzene rings is 4. The summed E-state index contributed by atoms with van der Waals surface area (Å²) < 4.78 is 63.8. The molecule has 60 heavy (non-hydrogen) atoms. The molecule has 1 saturated heterocycles. The van der Waals surface area contributed by atoms with Crippen molar-refractivity contribution in [3.8, 4) is 33.4 Å². The third kappa shape index (κ3) is 10.7. The molecule has 14 nitrogen and oxygen atoms in total. The highest BCUT2D eigenvalue weighted by Gasteiger charge is 2.25. The third-order valence-corrected chi connectivity index (χ3v) is 14.1. The maximum Gasteiger partial charge on any atom is 0.321 e. The van der Waals surface area contributed by atoms with Crippen molar-refractivity contribution in [2.24, 2.45) is 0 Å². The summed E-state index contributed by atoms with van der Waals surface area (Å²) in [5.74, 6) is -0.239. The van der Waals surface area contributed by atoms with Crippen LogP contribution in [-0.4, -0.2) is 82.9 Å². The summed E-state index contributed by atoms with van der Waals surface area (Å²) in [6.07, 6.45) is 3.30. The van der Waals surface area contributed by atoms with E-state index in [1.54, 1.807) is 24.3 Å². The van der Waals surface area contributed by atoms with Gasteiger partial charge < -0.3 is 20.7 Å². The number of ether oxygens (including phenoxy) is 1. The highest BCUT2D eigenvalue weighted by molar-refractivity contribution is 7.90. The van der Waals surface area contributed by atoms with Crippen molar-refractivity contribution in [1.82, 2.24) is 25.3 Å². The van der Waals surface area contributed by atoms with Crippen LogP contribution in [0.3, 0.4) is 0 Å². The highest BCUT2D eigenvalue weighted by Crippen LogP contribution is 2.41.